The summed E-state index contributed by atoms with van der Waals surface area (Å²) in [7, 11) is 2.08. The second kappa shape index (κ2) is 7.53. The molecule has 16 heavy (non-hydrogen) atoms. The van der Waals surface area contributed by atoms with Crippen LogP contribution in [0.3, 0.4) is 0 Å². The van der Waals surface area contributed by atoms with E-state index < -0.39 is 0 Å². The summed E-state index contributed by atoms with van der Waals surface area (Å²) in [4.78, 5) is 0. The Morgan fingerprint density at radius 1 is 1.38 bits per heavy atom. The minimum atomic E-state index is 0.619. The first-order valence-electron chi connectivity index (χ1n) is 6.03. The Bertz CT molecular complexity index is 256. The lowest BCUT2D eigenvalue weighted by Gasteiger charge is -2.35. The lowest BCUT2D eigenvalue weighted by Crippen LogP contribution is -2.41. The van der Waals surface area contributed by atoms with Crippen molar-refractivity contribution >= 4 is 23.5 Å². The molecule has 0 aliphatic carbocycles. The van der Waals surface area contributed by atoms with Crippen LogP contribution in [0.25, 0.3) is 0 Å². The zero-order valence-electron chi connectivity index (χ0n) is 10.7. The summed E-state index contributed by atoms with van der Waals surface area (Å²) in [6.45, 7) is 6.62. The fraction of sp³-hybridized carbons (Fsp3) is 0.846. The zero-order valence-corrected chi connectivity index (χ0v) is 12.4. The number of nitrogens with one attached hydrogen (secondary N) is 1. The van der Waals surface area contributed by atoms with Gasteiger partial charge >= 0.3 is 0 Å². The first-order valence-corrected chi connectivity index (χ1v) is 8.02. The van der Waals surface area contributed by atoms with E-state index in [-0.39, 0.29) is 0 Å². The molecule has 4 unspecified atom stereocenters. The molecule has 0 bridgehead atoms. The van der Waals surface area contributed by atoms with Crippen LogP contribution in [0.1, 0.15) is 33.6 Å². The third-order valence-electron chi connectivity index (χ3n) is 3.15. The quantitative estimate of drug-likeness (QED) is 0.778. The molecule has 1 N–H and O–H groups in total. The van der Waals surface area contributed by atoms with Gasteiger partial charge in [-0.1, -0.05) is 13.8 Å². The van der Waals surface area contributed by atoms with Crippen LogP contribution in [-0.4, -0.2) is 34.6 Å². The normalized spacial score (nSPS) is 31.6. The van der Waals surface area contributed by atoms with Crippen LogP contribution in [0.4, 0.5) is 0 Å². The highest BCUT2D eigenvalue weighted by molar-refractivity contribution is 8.07. The fourth-order valence-electron chi connectivity index (χ4n) is 1.89. The number of hydrogen-bond acceptors (Lipinski definition) is 3. The Kier molecular flexibility index (Phi) is 6.72. The van der Waals surface area contributed by atoms with E-state index in [9.17, 15) is 0 Å². The van der Waals surface area contributed by atoms with Crippen molar-refractivity contribution in [2.45, 2.75) is 55.4 Å². The average Bonchev–Trinajstić information content (AvgIpc) is 2.29. The topological polar surface area (TPSA) is 12.0 Å². The van der Waals surface area contributed by atoms with Crippen LogP contribution in [0.15, 0.2) is 0 Å². The Morgan fingerprint density at radius 3 is 2.69 bits per heavy atom. The van der Waals surface area contributed by atoms with Crippen LogP contribution < -0.4 is 5.32 Å². The molecule has 0 aromatic carbocycles. The highest BCUT2D eigenvalue weighted by Crippen LogP contribution is 2.37. The first kappa shape index (κ1) is 14.3. The highest BCUT2D eigenvalue weighted by atomic mass is 32.2. The lowest BCUT2D eigenvalue weighted by atomic mass is 10.1. The van der Waals surface area contributed by atoms with Gasteiger partial charge in [0.05, 0.1) is 0 Å². The van der Waals surface area contributed by atoms with Gasteiger partial charge in [-0.05, 0) is 20.4 Å². The second-order valence-electron chi connectivity index (χ2n) is 4.28. The van der Waals surface area contributed by atoms with E-state index >= 15 is 0 Å². The Morgan fingerprint density at radius 2 is 2.12 bits per heavy atom. The predicted octanol–water partition coefficient (Wildman–Crippen LogP) is 3.00. The molecule has 3 heteroatoms. The van der Waals surface area contributed by atoms with Gasteiger partial charge in [0.25, 0.3) is 0 Å². The van der Waals surface area contributed by atoms with Crippen molar-refractivity contribution in [3.63, 3.8) is 0 Å². The van der Waals surface area contributed by atoms with Gasteiger partial charge in [0, 0.05) is 34.0 Å². The van der Waals surface area contributed by atoms with E-state index in [1.54, 1.807) is 0 Å². The third-order valence-corrected chi connectivity index (χ3v) is 6.70. The molecule has 1 aliphatic rings. The van der Waals surface area contributed by atoms with Gasteiger partial charge in [-0.25, -0.2) is 0 Å². The molecule has 0 aromatic heterocycles. The standard InChI is InChI=1S/C13H23NS2/c1-5-6-7-8-12(14-4)13-9-15-10(2)11(3)16-13/h10-14H,7-9H2,1-4H3. The summed E-state index contributed by atoms with van der Waals surface area (Å²) in [6, 6.07) is 0.619. The molecule has 1 saturated heterocycles. The minimum absolute atomic E-state index is 0.619. The van der Waals surface area contributed by atoms with Crippen LogP contribution in [0.2, 0.25) is 0 Å². The summed E-state index contributed by atoms with van der Waals surface area (Å²) in [6.07, 6.45) is 2.20. The van der Waals surface area contributed by atoms with Crippen molar-refractivity contribution in [2.75, 3.05) is 12.8 Å². The van der Waals surface area contributed by atoms with Gasteiger partial charge in [-0.15, -0.1) is 11.8 Å². The average molecular weight is 257 g/mol. The largest absolute Gasteiger partial charge is 0.316 e. The first-order chi connectivity index (χ1) is 7.69. The number of hydrogen-bond donors (Lipinski definition) is 1. The van der Waals surface area contributed by atoms with Gasteiger partial charge in [0.2, 0.25) is 0 Å². The van der Waals surface area contributed by atoms with Crippen molar-refractivity contribution in [2.24, 2.45) is 0 Å². The smallest absolute Gasteiger partial charge is 0.0295 e. The molecule has 1 aliphatic heterocycles. The van der Waals surface area contributed by atoms with E-state index in [4.69, 9.17) is 0 Å². The molecule has 92 valence electrons. The molecule has 1 nitrogen and oxygen atoms in total. The number of thioether (sulfide) groups is 2. The molecular weight excluding hydrogens is 234 g/mol. The molecule has 1 rings (SSSR count). The van der Waals surface area contributed by atoms with Gasteiger partial charge in [-0.2, -0.15) is 23.5 Å². The molecule has 1 heterocycles. The summed E-state index contributed by atoms with van der Waals surface area (Å²) in [5, 5.41) is 5.79. The van der Waals surface area contributed by atoms with Crippen molar-refractivity contribution in [1.29, 1.82) is 0 Å². The van der Waals surface area contributed by atoms with Gasteiger partial charge in [0.15, 0.2) is 0 Å². The third kappa shape index (κ3) is 4.24. The molecule has 4 atom stereocenters. The van der Waals surface area contributed by atoms with E-state index in [1.165, 1.54) is 12.2 Å². The van der Waals surface area contributed by atoms with Crippen LogP contribution in [-0.2, 0) is 0 Å². The van der Waals surface area contributed by atoms with Gasteiger partial charge in [0.1, 0.15) is 0 Å². The second-order valence-corrected chi connectivity index (χ2v) is 7.31. The molecule has 0 amide bonds. The lowest BCUT2D eigenvalue weighted by molar-refractivity contribution is 0.526. The Hall–Kier alpha value is 0.220. The maximum absolute atomic E-state index is 3.46. The van der Waals surface area contributed by atoms with E-state index in [0.29, 0.717) is 6.04 Å². The SMILES string of the molecule is CC#CCCC(NC)C1CSC(C)C(C)S1. The van der Waals surface area contributed by atoms with Gasteiger partial charge in [-0.3, -0.25) is 0 Å². The molecule has 0 aromatic rings. The molecule has 1 fully saturated rings. The molecule has 0 radical (unpaired) electrons. The summed E-state index contributed by atoms with van der Waals surface area (Å²) < 4.78 is 0. The molecule has 0 saturated carbocycles. The molecular formula is C13H23NS2. The van der Waals surface area contributed by atoms with Crippen LogP contribution in [0, 0.1) is 11.8 Å². The van der Waals surface area contributed by atoms with Gasteiger partial charge < -0.3 is 5.32 Å². The fourth-order valence-corrected chi connectivity index (χ4v) is 5.10. The van der Waals surface area contributed by atoms with Crippen molar-refractivity contribution < 1.29 is 0 Å². The van der Waals surface area contributed by atoms with Crippen LogP contribution >= 0.6 is 23.5 Å². The minimum Gasteiger partial charge on any atom is -0.316 e. The summed E-state index contributed by atoms with van der Waals surface area (Å²) >= 11 is 4.27. The predicted molar refractivity (Wildman–Crippen MR) is 78.3 cm³/mol. The molecule has 0 spiro atoms. The Labute approximate surface area is 109 Å². The highest BCUT2D eigenvalue weighted by Gasteiger charge is 2.30. The van der Waals surface area contributed by atoms with E-state index in [2.05, 4.69) is 61.6 Å². The van der Waals surface area contributed by atoms with Crippen molar-refractivity contribution in [3.8, 4) is 11.8 Å². The Balaban J connectivity index is 2.42. The zero-order chi connectivity index (χ0) is 12.0. The van der Waals surface area contributed by atoms with Crippen molar-refractivity contribution in [3.05, 3.63) is 0 Å². The monoisotopic (exact) mass is 257 g/mol. The summed E-state index contributed by atoms with van der Waals surface area (Å²) in [5.74, 6) is 7.42. The van der Waals surface area contributed by atoms with E-state index in [0.717, 1.165) is 22.2 Å². The van der Waals surface area contributed by atoms with Crippen LogP contribution in [0.5, 0.6) is 0 Å². The number of rotatable bonds is 4. The summed E-state index contributed by atoms with van der Waals surface area (Å²) in [5.41, 5.74) is 0. The van der Waals surface area contributed by atoms with E-state index in [1.807, 2.05) is 6.92 Å². The maximum Gasteiger partial charge on any atom is 0.0295 e. The van der Waals surface area contributed by atoms with Crippen molar-refractivity contribution in [1.82, 2.24) is 5.32 Å². The maximum atomic E-state index is 3.46.